The van der Waals surface area contributed by atoms with Crippen molar-refractivity contribution < 1.29 is 39.9 Å². The van der Waals surface area contributed by atoms with Crippen molar-refractivity contribution >= 4 is 17.5 Å². The summed E-state index contributed by atoms with van der Waals surface area (Å²) in [5, 5.41) is 55.8. The number of hydrogen-bond donors (Lipinski definition) is 6. The van der Waals surface area contributed by atoms with E-state index in [9.17, 15) is 39.9 Å². The third-order valence-corrected chi connectivity index (χ3v) is 9.85. The van der Waals surface area contributed by atoms with Crippen LogP contribution in [0.2, 0.25) is 0 Å². The molecule has 216 valence electrons. The van der Waals surface area contributed by atoms with Crippen molar-refractivity contribution in [2.45, 2.75) is 58.3 Å². The van der Waals surface area contributed by atoms with Gasteiger partial charge >= 0.3 is 0 Å². The maximum atomic E-state index is 14.1. The molecular formula is C32H35NO8. The maximum absolute atomic E-state index is 14.1. The first kappa shape index (κ1) is 28.8. The van der Waals surface area contributed by atoms with Crippen LogP contribution in [-0.2, 0) is 16.0 Å². The predicted octanol–water partition coefficient (Wildman–Crippen LogP) is 1.68. The van der Waals surface area contributed by atoms with E-state index in [1.807, 2.05) is 0 Å². The van der Waals surface area contributed by atoms with Gasteiger partial charge < -0.3 is 31.3 Å². The number of carbonyl (C=O) groups excluding carboxylic acids is 3. The number of phenolic OH excluding ortho intramolecular Hbond substituents is 2. The van der Waals surface area contributed by atoms with Gasteiger partial charge in [0.2, 0.25) is 5.91 Å². The molecule has 2 aromatic carbocycles. The van der Waals surface area contributed by atoms with Crippen molar-refractivity contribution in [3.05, 3.63) is 58.7 Å². The molecule has 9 heteroatoms. The molecule has 0 spiro atoms. The van der Waals surface area contributed by atoms with Gasteiger partial charge in [0.15, 0.2) is 17.2 Å². The van der Waals surface area contributed by atoms with Crippen LogP contribution in [-0.4, -0.2) is 60.8 Å². The van der Waals surface area contributed by atoms with Gasteiger partial charge in [-0.1, -0.05) is 45.6 Å². The minimum Gasteiger partial charge on any atom is -0.508 e. The van der Waals surface area contributed by atoms with Gasteiger partial charge in [0, 0.05) is 16.5 Å². The summed E-state index contributed by atoms with van der Waals surface area (Å²) in [6, 6.07) is 9.32. The number of Topliss-reactive ketones (excluding diaryl/α,β-unsaturated/α-hetero) is 2. The molecule has 3 aliphatic rings. The molecule has 2 unspecified atom stereocenters. The van der Waals surface area contributed by atoms with Crippen molar-refractivity contribution in [1.82, 2.24) is 0 Å². The summed E-state index contributed by atoms with van der Waals surface area (Å²) < 4.78 is 0. The van der Waals surface area contributed by atoms with Gasteiger partial charge in [-0.15, -0.1) is 0 Å². The predicted molar refractivity (Wildman–Crippen MR) is 148 cm³/mol. The highest BCUT2D eigenvalue weighted by molar-refractivity contribution is 6.09. The van der Waals surface area contributed by atoms with Gasteiger partial charge in [-0.05, 0) is 66.0 Å². The summed E-state index contributed by atoms with van der Waals surface area (Å²) in [5.41, 5.74) is 1.94. The molecule has 8 atom stereocenters. The third kappa shape index (κ3) is 3.92. The highest BCUT2D eigenvalue weighted by Crippen LogP contribution is 2.65. The smallest absolute Gasteiger partial charge is 0.230 e. The molecule has 1 amide bonds. The Morgan fingerprint density at radius 2 is 1.76 bits per heavy atom. The highest BCUT2D eigenvalue weighted by atomic mass is 16.4. The lowest BCUT2D eigenvalue weighted by Crippen LogP contribution is -2.79. The average Bonchev–Trinajstić information content (AvgIpc) is 2.85. The van der Waals surface area contributed by atoms with E-state index < -0.39 is 63.9 Å². The van der Waals surface area contributed by atoms with E-state index in [0.29, 0.717) is 16.7 Å². The van der Waals surface area contributed by atoms with Gasteiger partial charge in [0.1, 0.15) is 23.5 Å². The normalized spacial score (nSPS) is 36.0. The van der Waals surface area contributed by atoms with Gasteiger partial charge in [0.05, 0.1) is 17.6 Å². The van der Waals surface area contributed by atoms with Crippen LogP contribution < -0.4 is 5.73 Å². The number of phenols is 2. The van der Waals surface area contributed by atoms with E-state index in [1.165, 1.54) is 18.2 Å². The first-order valence-corrected chi connectivity index (χ1v) is 13.7. The number of hydrogen-bond acceptors (Lipinski definition) is 8. The Bertz CT molecular complexity index is 1540. The molecule has 0 heterocycles. The van der Waals surface area contributed by atoms with Crippen LogP contribution in [0.4, 0.5) is 0 Å². The fourth-order valence-corrected chi connectivity index (χ4v) is 8.37. The van der Waals surface area contributed by atoms with Crippen LogP contribution in [0.15, 0.2) is 36.4 Å². The van der Waals surface area contributed by atoms with Crippen LogP contribution in [0.25, 0.3) is 0 Å². The van der Waals surface area contributed by atoms with Crippen LogP contribution in [0.1, 0.15) is 61.2 Å². The Labute approximate surface area is 238 Å². The maximum Gasteiger partial charge on any atom is 0.230 e. The highest BCUT2D eigenvalue weighted by Gasteiger charge is 2.75. The first-order valence-electron chi connectivity index (χ1n) is 13.7. The molecule has 41 heavy (non-hydrogen) atoms. The molecule has 2 fully saturated rings. The van der Waals surface area contributed by atoms with Crippen LogP contribution in [0, 0.1) is 46.3 Å². The third-order valence-electron chi connectivity index (χ3n) is 9.85. The molecule has 3 aliphatic carbocycles. The lowest BCUT2D eigenvalue weighted by molar-refractivity contribution is -0.265. The molecule has 2 saturated carbocycles. The summed E-state index contributed by atoms with van der Waals surface area (Å²) in [4.78, 5) is 40.2. The number of nitrogens with two attached hydrogens (primary N) is 1. The molecule has 0 aliphatic heterocycles. The van der Waals surface area contributed by atoms with E-state index in [-0.39, 0.29) is 35.8 Å². The second-order valence-corrected chi connectivity index (χ2v) is 12.8. The summed E-state index contributed by atoms with van der Waals surface area (Å²) in [6.45, 7) is 6.99. The van der Waals surface area contributed by atoms with Crippen LogP contribution in [0.3, 0.4) is 0 Å². The molecule has 0 saturated heterocycles. The Balaban J connectivity index is 1.68. The number of amides is 1. The molecule has 0 bridgehead atoms. The monoisotopic (exact) mass is 561 g/mol. The number of aliphatic hydroxyl groups is 3. The van der Waals surface area contributed by atoms with Crippen LogP contribution in [0.5, 0.6) is 11.5 Å². The Morgan fingerprint density at radius 3 is 2.37 bits per heavy atom. The summed E-state index contributed by atoms with van der Waals surface area (Å²) in [5.74, 6) is -1.31. The number of aliphatic hydroxyl groups excluding tert-OH is 2. The van der Waals surface area contributed by atoms with Crippen molar-refractivity contribution in [3.63, 3.8) is 0 Å². The van der Waals surface area contributed by atoms with Gasteiger partial charge in [-0.2, -0.15) is 0 Å². The van der Waals surface area contributed by atoms with Crippen molar-refractivity contribution in [2.75, 3.05) is 0 Å². The number of aromatic hydroxyl groups is 2. The summed E-state index contributed by atoms with van der Waals surface area (Å²) in [6.07, 6.45) is -3.20. The molecule has 2 aromatic rings. The molecule has 5 rings (SSSR count). The van der Waals surface area contributed by atoms with E-state index in [2.05, 4.69) is 11.8 Å². The average molecular weight is 562 g/mol. The zero-order valence-corrected chi connectivity index (χ0v) is 23.4. The standard InChI is InChI=1S/C32H35NO8/c1-15(2)23-26(37)22(29(33)40)27(38)32(41)28(39)24-25(36)21-19(13-30(24,3)14-31(23,32)4)17(10-11-20(21)35)9-8-16-6-5-7-18(34)12-16/h5-7,10-12,15,22-24,26,28,34-35,37,39,41H,13-14H2,1-4H3,(H2,33,40)/t22-,23+,24-,26?,28?,30-,31-,32+/m1/s1. The molecule has 9 nitrogen and oxygen atoms in total. The first-order chi connectivity index (χ1) is 19.1. The second-order valence-electron chi connectivity index (χ2n) is 12.8. The van der Waals surface area contributed by atoms with E-state index >= 15 is 0 Å². The number of carbonyl (C=O) groups is 3. The summed E-state index contributed by atoms with van der Waals surface area (Å²) in [7, 11) is 0. The Morgan fingerprint density at radius 1 is 1.07 bits per heavy atom. The lowest BCUT2D eigenvalue weighted by Gasteiger charge is -2.66. The molecular weight excluding hydrogens is 526 g/mol. The number of ketones is 2. The van der Waals surface area contributed by atoms with Gasteiger partial charge in [-0.25, -0.2) is 0 Å². The van der Waals surface area contributed by atoms with Crippen molar-refractivity contribution in [1.29, 1.82) is 0 Å². The van der Waals surface area contributed by atoms with E-state index in [0.717, 1.165) is 0 Å². The van der Waals surface area contributed by atoms with E-state index in [1.54, 1.807) is 45.9 Å². The van der Waals surface area contributed by atoms with Crippen molar-refractivity contribution in [3.8, 4) is 23.3 Å². The van der Waals surface area contributed by atoms with Crippen LogP contribution >= 0.6 is 0 Å². The zero-order chi connectivity index (χ0) is 30.2. The van der Waals surface area contributed by atoms with E-state index in [4.69, 9.17) is 5.73 Å². The van der Waals surface area contributed by atoms with Gasteiger partial charge in [0.25, 0.3) is 0 Å². The number of fused-ring (bicyclic) bond motifs is 3. The fourth-order valence-electron chi connectivity index (χ4n) is 8.37. The minimum atomic E-state index is -2.56. The number of primary amides is 1. The minimum absolute atomic E-state index is 0.0448. The topological polar surface area (TPSA) is 178 Å². The Hall–Kier alpha value is -3.71. The number of benzene rings is 2. The lowest BCUT2D eigenvalue weighted by atomic mass is 9.39. The largest absolute Gasteiger partial charge is 0.508 e. The molecule has 7 N–H and O–H groups in total. The van der Waals surface area contributed by atoms with Crippen molar-refractivity contribution in [2.24, 2.45) is 40.2 Å². The Kier molecular flexibility index (Phi) is 6.61. The summed E-state index contributed by atoms with van der Waals surface area (Å²) >= 11 is 0. The fraction of sp³-hybridized carbons (Fsp3) is 0.469. The quantitative estimate of drug-likeness (QED) is 0.237. The number of rotatable bonds is 2. The molecule has 0 aromatic heterocycles. The molecule has 0 radical (unpaired) electrons. The SMILES string of the molecule is CC(C)[C@H]1C(O)[C@@H](C(N)=O)C(=O)[C@]2(O)C(O)[C@H]3C(=O)c4c(O)ccc(C#Cc5cccc(O)c5)c4C[C@]3(C)C[C@]12C. The zero-order valence-electron chi connectivity index (χ0n) is 23.4. The second kappa shape index (κ2) is 9.41. The van der Waals surface area contributed by atoms with Gasteiger partial charge in [-0.3, -0.25) is 14.4 Å².